The normalized spacial score (nSPS) is 10.3. The van der Waals surface area contributed by atoms with E-state index in [0.29, 0.717) is 5.69 Å². The van der Waals surface area contributed by atoms with Crippen molar-refractivity contribution in [2.24, 2.45) is 0 Å². The molecule has 0 aliphatic carbocycles. The standard InChI is InChI=1S/C16H17NO5/c1-11-7-14(18)15(8-17(11)9-16(19)20)22-10-12-3-5-13(21-2)6-4-12/h3-8H,9-10H2,1-2H3,(H,19,20). The maximum Gasteiger partial charge on any atom is 0.323 e. The summed E-state index contributed by atoms with van der Waals surface area (Å²) in [4.78, 5) is 22.7. The van der Waals surface area contributed by atoms with Gasteiger partial charge in [-0.25, -0.2) is 0 Å². The van der Waals surface area contributed by atoms with Crippen molar-refractivity contribution < 1.29 is 19.4 Å². The Morgan fingerprint density at radius 3 is 2.55 bits per heavy atom. The number of hydrogen-bond acceptors (Lipinski definition) is 4. The van der Waals surface area contributed by atoms with Gasteiger partial charge < -0.3 is 19.1 Å². The van der Waals surface area contributed by atoms with Crippen LogP contribution in [0.1, 0.15) is 11.3 Å². The van der Waals surface area contributed by atoms with E-state index >= 15 is 0 Å². The predicted molar refractivity (Wildman–Crippen MR) is 80.4 cm³/mol. The van der Waals surface area contributed by atoms with Crippen LogP contribution >= 0.6 is 0 Å². The Balaban J connectivity index is 2.14. The fourth-order valence-electron chi connectivity index (χ4n) is 1.96. The van der Waals surface area contributed by atoms with Crippen LogP contribution in [0.15, 0.2) is 41.3 Å². The third kappa shape index (κ3) is 3.88. The van der Waals surface area contributed by atoms with E-state index in [4.69, 9.17) is 14.6 Å². The monoisotopic (exact) mass is 303 g/mol. The number of carbonyl (C=O) groups is 1. The number of benzene rings is 1. The summed E-state index contributed by atoms with van der Waals surface area (Å²) in [5.41, 5.74) is 1.18. The number of aliphatic carboxylic acids is 1. The molecule has 0 unspecified atom stereocenters. The number of rotatable bonds is 6. The summed E-state index contributed by atoms with van der Waals surface area (Å²) in [6, 6.07) is 8.64. The van der Waals surface area contributed by atoms with Crippen molar-refractivity contribution in [1.82, 2.24) is 4.57 Å². The van der Waals surface area contributed by atoms with Gasteiger partial charge in [-0.15, -0.1) is 0 Å². The lowest BCUT2D eigenvalue weighted by atomic mass is 10.2. The van der Waals surface area contributed by atoms with Gasteiger partial charge in [0, 0.05) is 11.8 Å². The predicted octanol–water partition coefficient (Wildman–Crippen LogP) is 1.83. The van der Waals surface area contributed by atoms with Crippen LogP contribution in [0.5, 0.6) is 11.5 Å². The number of nitrogens with zero attached hydrogens (tertiary/aromatic N) is 1. The van der Waals surface area contributed by atoms with E-state index < -0.39 is 5.97 Å². The second kappa shape index (κ2) is 6.80. The molecule has 0 amide bonds. The molecule has 6 heteroatoms. The maximum atomic E-state index is 11.9. The van der Waals surface area contributed by atoms with Gasteiger partial charge in [0.25, 0.3) is 0 Å². The van der Waals surface area contributed by atoms with Gasteiger partial charge in [-0.05, 0) is 24.6 Å². The molecular weight excluding hydrogens is 286 g/mol. The minimum absolute atomic E-state index is 0.127. The minimum atomic E-state index is -0.979. The van der Waals surface area contributed by atoms with E-state index in [1.807, 2.05) is 12.1 Å². The summed E-state index contributed by atoms with van der Waals surface area (Å²) in [5.74, 6) is -0.113. The molecule has 22 heavy (non-hydrogen) atoms. The van der Waals surface area contributed by atoms with E-state index in [1.54, 1.807) is 26.2 Å². The average Bonchev–Trinajstić information content (AvgIpc) is 2.49. The lowest BCUT2D eigenvalue weighted by Gasteiger charge is -2.11. The molecular formula is C16H17NO5. The molecule has 0 saturated carbocycles. The van der Waals surface area contributed by atoms with E-state index in [1.165, 1.54) is 16.8 Å². The average molecular weight is 303 g/mol. The first-order valence-electron chi connectivity index (χ1n) is 6.68. The van der Waals surface area contributed by atoms with Crippen LogP contribution in [-0.4, -0.2) is 22.8 Å². The summed E-state index contributed by atoms with van der Waals surface area (Å²) < 4.78 is 12.0. The number of carboxylic acid groups (broad SMARTS) is 1. The van der Waals surface area contributed by atoms with Gasteiger partial charge in [-0.3, -0.25) is 9.59 Å². The van der Waals surface area contributed by atoms with Crippen molar-refractivity contribution in [2.75, 3.05) is 7.11 Å². The van der Waals surface area contributed by atoms with Crippen LogP contribution in [0.4, 0.5) is 0 Å². The van der Waals surface area contributed by atoms with Crippen LogP contribution in [0, 0.1) is 6.92 Å². The molecule has 1 N–H and O–H groups in total. The highest BCUT2D eigenvalue weighted by molar-refractivity contribution is 5.66. The highest BCUT2D eigenvalue weighted by Gasteiger charge is 2.08. The van der Waals surface area contributed by atoms with Crippen molar-refractivity contribution >= 4 is 5.97 Å². The molecule has 0 bridgehead atoms. The number of aryl methyl sites for hydroxylation is 1. The molecule has 0 fully saturated rings. The van der Waals surface area contributed by atoms with Gasteiger partial charge in [0.15, 0.2) is 5.75 Å². The zero-order chi connectivity index (χ0) is 16.1. The zero-order valence-corrected chi connectivity index (χ0v) is 12.4. The number of methoxy groups -OCH3 is 1. The number of pyridine rings is 1. The number of hydrogen-bond donors (Lipinski definition) is 1. The molecule has 0 radical (unpaired) electrons. The van der Waals surface area contributed by atoms with E-state index in [2.05, 4.69) is 0 Å². The van der Waals surface area contributed by atoms with Crippen LogP contribution in [0.2, 0.25) is 0 Å². The summed E-state index contributed by atoms with van der Waals surface area (Å²) in [7, 11) is 1.59. The fraction of sp³-hybridized carbons (Fsp3) is 0.250. The molecule has 116 valence electrons. The molecule has 6 nitrogen and oxygen atoms in total. The molecule has 0 aliphatic heterocycles. The van der Waals surface area contributed by atoms with Crippen molar-refractivity contribution in [1.29, 1.82) is 0 Å². The molecule has 1 aromatic carbocycles. The minimum Gasteiger partial charge on any atom is -0.497 e. The van der Waals surface area contributed by atoms with Gasteiger partial charge in [-0.2, -0.15) is 0 Å². The fourth-order valence-corrected chi connectivity index (χ4v) is 1.96. The van der Waals surface area contributed by atoms with Crippen LogP contribution in [0.3, 0.4) is 0 Å². The molecule has 0 saturated heterocycles. The lowest BCUT2D eigenvalue weighted by molar-refractivity contribution is -0.137. The molecule has 2 aromatic rings. The zero-order valence-electron chi connectivity index (χ0n) is 12.4. The Bertz CT molecular complexity index is 718. The first kappa shape index (κ1) is 15.6. The first-order chi connectivity index (χ1) is 10.5. The van der Waals surface area contributed by atoms with Crippen LogP contribution in [-0.2, 0) is 17.9 Å². The van der Waals surface area contributed by atoms with Gasteiger partial charge in [0.2, 0.25) is 5.43 Å². The molecule has 0 atom stereocenters. The van der Waals surface area contributed by atoms with Gasteiger partial charge >= 0.3 is 5.97 Å². The highest BCUT2D eigenvalue weighted by atomic mass is 16.5. The smallest absolute Gasteiger partial charge is 0.323 e. The van der Waals surface area contributed by atoms with Gasteiger partial charge in [0.1, 0.15) is 18.9 Å². The largest absolute Gasteiger partial charge is 0.497 e. The number of ether oxygens (including phenoxy) is 2. The summed E-state index contributed by atoms with van der Waals surface area (Å²) in [6.07, 6.45) is 1.43. The van der Waals surface area contributed by atoms with Crippen molar-refractivity contribution in [2.45, 2.75) is 20.1 Å². The molecule has 0 aliphatic rings. The third-order valence-corrected chi connectivity index (χ3v) is 3.17. The third-order valence-electron chi connectivity index (χ3n) is 3.17. The maximum absolute atomic E-state index is 11.9. The first-order valence-corrected chi connectivity index (χ1v) is 6.68. The second-order valence-electron chi connectivity index (χ2n) is 4.80. The Labute approximate surface area is 127 Å². The second-order valence-corrected chi connectivity index (χ2v) is 4.80. The topological polar surface area (TPSA) is 77.8 Å². The van der Waals surface area contributed by atoms with Gasteiger partial charge in [0.05, 0.1) is 13.3 Å². The quantitative estimate of drug-likeness (QED) is 0.881. The summed E-state index contributed by atoms with van der Waals surface area (Å²) in [5, 5.41) is 8.86. The number of aromatic nitrogens is 1. The van der Waals surface area contributed by atoms with E-state index in [0.717, 1.165) is 11.3 Å². The molecule has 1 heterocycles. The Morgan fingerprint density at radius 2 is 1.95 bits per heavy atom. The Morgan fingerprint density at radius 1 is 1.27 bits per heavy atom. The van der Waals surface area contributed by atoms with E-state index in [9.17, 15) is 9.59 Å². The molecule has 2 rings (SSSR count). The van der Waals surface area contributed by atoms with E-state index in [-0.39, 0.29) is 24.3 Å². The van der Waals surface area contributed by atoms with Crippen LogP contribution in [0.25, 0.3) is 0 Å². The molecule has 1 aromatic heterocycles. The number of carboxylic acids is 1. The van der Waals surface area contributed by atoms with Crippen molar-refractivity contribution in [3.63, 3.8) is 0 Å². The summed E-state index contributed by atoms with van der Waals surface area (Å²) >= 11 is 0. The Hall–Kier alpha value is -2.76. The van der Waals surface area contributed by atoms with Crippen molar-refractivity contribution in [3.8, 4) is 11.5 Å². The molecule has 0 spiro atoms. The van der Waals surface area contributed by atoms with Gasteiger partial charge in [-0.1, -0.05) is 12.1 Å². The summed E-state index contributed by atoms with van der Waals surface area (Å²) in [6.45, 7) is 1.68. The lowest BCUT2D eigenvalue weighted by Crippen LogP contribution is -2.17. The SMILES string of the molecule is COc1ccc(COc2cn(CC(=O)O)c(C)cc2=O)cc1. The van der Waals surface area contributed by atoms with Crippen molar-refractivity contribution in [3.05, 3.63) is 58.0 Å². The van der Waals surface area contributed by atoms with Crippen LogP contribution < -0.4 is 14.9 Å². The highest BCUT2D eigenvalue weighted by Crippen LogP contribution is 2.13. The Kier molecular flexibility index (Phi) is 4.83.